The van der Waals surface area contributed by atoms with Gasteiger partial charge in [-0.3, -0.25) is 0 Å². The van der Waals surface area contributed by atoms with Crippen LogP contribution in [-0.4, -0.2) is 0 Å². The largest absolute Gasteiger partial charge is 0.358 e. The second-order valence-electron chi connectivity index (χ2n) is 4.86. The van der Waals surface area contributed by atoms with Crippen LogP contribution < -0.4 is 0 Å². The van der Waals surface area contributed by atoms with Gasteiger partial charge in [0.1, 0.15) is 0 Å². The summed E-state index contributed by atoms with van der Waals surface area (Å²) in [5, 5.41) is 5.39. The topological polar surface area (TPSA) is 0 Å². The average Bonchev–Trinajstić information content (AvgIpc) is 3.19. The van der Waals surface area contributed by atoms with Crippen LogP contribution in [0.4, 0.5) is 0 Å². The Morgan fingerprint density at radius 1 is 0.667 bits per heavy atom. The van der Waals surface area contributed by atoms with Crippen molar-refractivity contribution in [3.63, 3.8) is 0 Å². The standard InChI is InChI=1S/C13H9.C5H5.C3H7.2CH3.Hf/c1-3-7-12-10(5-1)9-11-6-2-4-8-13(11)12;1-2-4-5-3-1;1-3-2;;;/h1-9H;1-5H;3H,1-2H3;2*1H3;/q5*-1;. The van der Waals surface area contributed by atoms with E-state index in [0.717, 1.165) is 0 Å². The SMILES string of the molecule is C[CH-]C.[CH3-].[CH3-].[Hf].c1cc[cH-]c1.c1ccc2c(c1)[cH-]c1ccccc12. The Morgan fingerprint density at radius 2 is 1.04 bits per heavy atom. The Hall–Kier alpha value is -1.47. The number of hydrogen-bond acceptors (Lipinski definition) is 0. The first-order chi connectivity index (χ1) is 10.4. The van der Waals surface area contributed by atoms with Crippen molar-refractivity contribution in [2.45, 2.75) is 13.8 Å². The summed E-state index contributed by atoms with van der Waals surface area (Å²) in [5.41, 5.74) is 0. The van der Waals surface area contributed by atoms with Gasteiger partial charge in [0.2, 0.25) is 0 Å². The first kappa shape index (κ1) is 24.8. The van der Waals surface area contributed by atoms with Crippen molar-refractivity contribution >= 4 is 21.5 Å². The first-order valence-electron chi connectivity index (χ1n) is 7.30. The van der Waals surface area contributed by atoms with Crippen LogP contribution in [0.5, 0.6) is 0 Å². The summed E-state index contributed by atoms with van der Waals surface area (Å²) < 4.78 is 0. The van der Waals surface area contributed by atoms with Crippen LogP contribution in [-0.2, 0) is 25.8 Å². The Morgan fingerprint density at radius 3 is 1.38 bits per heavy atom. The molecule has 0 aliphatic rings. The van der Waals surface area contributed by atoms with Crippen LogP contribution in [0.25, 0.3) is 21.5 Å². The van der Waals surface area contributed by atoms with Crippen molar-refractivity contribution in [1.29, 1.82) is 0 Å². The van der Waals surface area contributed by atoms with Crippen LogP contribution in [0.3, 0.4) is 0 Å². The van der Waals surface area contributed by atoms with E-state index in [1.54, 1.807) is 0 Å². The van der Waals surface area contributed by atoms with Crippen LogP contribution in [0.2, 0.25) is 0 Å². The van der Waals surface area contributed by atoms with Crippen LogP contribution >= 0.6 is 0 Å². The Balaban J connectivity index is 0. The van der Waals surface area contributed by atoms with E-state index >= 15 is 0 Å². The van der Waals surface area contributed by atoms with E-state index in [2.05, 4.69) is 54.6 Å². The van der Waals surface area contributed by atoms with E-state index in [0.29, 0.717) is 0 Å². The van der Waals surface area contributed by atoms with Crippen LogP contribution in [0.1, 0.15) is 13.8 Å². The van der Waals surface area contributed by atoms with E-state index in [1.165, 1.54) is 21.5 Å². The molecule has 0 bridgehead atoms. The number of rotatable bonds is 0. The summed E-state index contributed by atoms with van der Waals surface area (Å²) in [6.07, 6.45) is 2.00. The predicted octanol–water partition coefficient (Wildman–Crippen LogP) is 7.25. The van der Waals surface area contributed by atoms with Gasteiger partial charge >= 0.3 is 0 Å². The third-order valence-electron chi connectivity index (χ3n) is 3.08. The maximum atomic E-state index is 2.24. The molecule has 0 fully saturated rings. The molecule has 4 rings (SSSR count). The summed E-state index contributed by atoms with van der Waals surface area (Å²) in [5.74, 6) is 0. The molecule has 0 N–H and O–H groups in total. The molecule has 0 aromatic heterocycles. The minimum atomic E-state index is 0. The van der Waals surface area contributed by atoms with Gasteiger partial charge in [0.25, 0.3) is 0 Å². The normalized spacial score (nSPS) is 8.42. The summed E-state index contributed by atoms with van der Waals surface area (Å²) in [7, 11) is 0. The Labute approximate surface area is 167 Å². The summed E-state index contributed by atoms with van der Waals surface area (Å²) in [6.45, 7) is 4.00. The molecule has 4 aromatic carbocycles. The summed E-state index contributed by atoms with van der Waals surface area (Å²) in [4.78, 5) is 0. The minimum Gasteiger partial charge on any atom is -0.358 e. The van der Waals surface area contributed by atoms with E-state index < -0.39 is 0 Å². The molecular formula is C23H27Hf-5. The quantitative estimate of drug-likeness (QED) is 0.183. The van der Waals surface area contributed by atoms with Crippen molar-refractivity contribution in [2.75, 3.05) is 0 Å². The second kappa shape index (κ2) is 13.9. The average molecular weight is 482 g/mol. The maximum absolute atomic E-state index is 2.24. The van der Waals surface area contributed by atoms with Gasteiger partial charge in [-0.2, -0.15) is 32.0 Å². The van der Waals surface area contributed by atoms with Crippen molar-refractivity contribution in [3.05, 3.63) is 106 Å². The van der Waals surface area contributed by atoms with Gasteiger partial charge in [-0.1, -0.05) is 36.4 Å². The van der Waals surface area contributed by atoms with E-state index in [-0.39, 0.29) is 40.7 Å². The zero-order valence-electron chi connectivity index (χ0n) is 15.2. The molecule has 0 aliphatic heterocycles. The van der Waals surface area contributed by atoms with Crippen molar-refractivity contribution < 1.29 is 25.8 Å². The predicted molar refractivity (Wildman–Crippen MR) is 108 cm³/mol. The molecule has 0 heterocycles. The molecule has 0 aliphatic carbocycles. The Kier molecular flexibility index (Phi) is 14.4. The van der Waals surface area contributed by atoms with Crippen LogP contribution in [0, 0.1) is 21.3 Å². The van der Waals surface area contributed by atoms with Crippen LogP contribution in [0.15, 0.2) is 84.9 Å². The van der Waals surface area contributed by atoms with Crippen molar-refractivity contribution in [2.24, 2.45) is 0 Å². The molecule has 0 saturated heterocycles. The molecule has 0 radical (unpaired) electrons. The monoisotopic (exact) mass is 483 g/mol. The van der Waals surface area contributed by atoms with Crippen molar-refractivity contribution in [1.82, 2.24) is 0 Å². The minimum absolute atomic E-state index is 0. The molecule has 0 atom stereocenters. The van der Waals surface area contributed by atoms with Gasteiger partial charge in [0.15, 0.2) is 0 Å². The summed E-state index contributed by atoms with van der Waals surface area (Å²) >= 11 is 0. The molecule has 0 nitrogen and oxygen atoms in total. The molecule has 0 saturated carbocycles. The number of fused-ring (bicyclic) bond motifs is 3. The Bertz CT molecular complexity index is 680. The molecule has 0 unspecified atom stereocenters. The number of hydrogen-bond donors (Lipinski definition) is 0. The van der Waals surface area contributed by atoms with E-state index in [1.807, 2.05) is 50.6 Å². The molecule has 128 valence electrons. The molecular weight excluding hydrogens is 455 g/mol. The fourth-order valence-corrected chi connectivity index (χ4v) is 2.22. The van der Waals surface area contributed by atoms with Gasteiger partial charge in [0, 0.05) is 25.8 Å². The smallest absolute Gasteiger partial charge is 0 e. The maximum Gasteiger partial charge on any atom is 0 e. The molecule has 0 spiro atoms. The first-order valence-corrected chi connectivity index (χ1v) is 7.30. The third-order valence-corrected chi connectivity index (χ3v) is 3.08. The molecule has 24 heavy (non-hydrogen) atoms. The van der Waals surface area contributed by atoms with E-state index in [9.17, 15) is 0 Å². The fourth-order valence-electron chi connectivity index (χ4n) is 2.22. The van der Waals surface area contributed by atoms with Gasteiger partial charge in [-0.05, 0) is 0 Å². The summed E-state index contributed by atoms with van der Waals surface area (Å²) in [6, 6.07) is 29.3. The van der Waals surface area contributed by atoms with Gasteiger partial charge in [0.05, 0.1) is 0 Å². The zero-order valence-corrected chi connectivity index (χ0v) is 18.8. The fraction of sp³-hybridized carbons (Fsp3) is 0.0870. The zero-order chi connectivity index (χ0) is 14.9. The second-order valence-corrected chi connectivity index (χ2v) is 4.86. The van der Waals surface area contributed by atoms with Gasteiger partial charge in [-0.15, -0.1) is 39.7 Å². The molecule has 4 aromatic rings. The number of benzene rings is 2. The van der Waals surface area contributed by atoms with Crippen molar-refractivity contribution in [3.8, 4) is 0 Å². The van der Waals surface area contributed by atoms with Gasteiger partial charge in [-0.25, -0.2) is 12.1 Å². The molecule has 0 amide bonds. The molecule has 1 heteroatoms. The third kappa shape index (κ3) is 6.97. The van der Waals surface area contributed by atoms with E-state index in [4.69, 9.17) is 0 Å². The van der Waals surface area contributed by atoms with Gasteiger partial charge < -0.3 is 21.3 Å².